The molecule has 6 heteroatoms. The van der Waals surface area contributed by atoms with Crippen LogP contribution in [0.2, 0.25) is 0 Å². The van der Waals surface area contributed by atoms with E-state index in [1.54, 1.807) is 0 Å². The van der Waals surface area contributed by atoms with E-state index in [9.17, 15) is 13.2 Å². The van der Waals surface area contributed by atoms with Crippen LogP contribution in [-0.4, -0.2) is 32.2 Å². The molecule has 1 heterocycles. The summed E-state index contributed by atoms with van der Waals surface area (Å²) >= 11 is 0. The molecule has 1 N–H and O–H groups in total. The fraction of sp³-hybridized carbons (Fsp3) is 0.308. The third-order valence-electron chi connectivity index (χ3n) is 2.77. The zero-order valence-electron chi connectivity index (χ0n) is 10.6. The number of rotatable bonds is 4. The van der Waals surface area contributed by atoms with Gasteiger partial charge >= 0.3 is 5.97 Å². The van der Waals surface area contributed by atoms with Gasteiger partial charge in [0.2, 0.25) is 9.84 Å². The third-order valence-corrected chi connectivity index (χ3v) is 4.64. The smallest absolute Gasteiger partial charge is 0.335 e. The summed E-state index contributed by atoms with van der Waals surface area (Å²) in [5.74, 6) is -1.08. The normalized spacial score (nSPS) is 16.3. The molecule has 0 unspecified atom stereocenters. The Morgan fingerprint density at radius 1 is 1.37 bits per heavy atom. The molecule has 0 fully saturated rings. The van der Waals surface area contributed by atoms with Crippen molar-refractivity contribution in [2.75, 3.05) is 6.61 Å². The van der Waals surface area contributed by atoms with E-state index >= 15 is 0 Å². The molecule has 0 saturated carbocycles. The van der Waals surface area contributed by atoms with Crippen LogP contribution < -0.4 is 0 Å². The SMILES string of the molecule is CC(C)OCC1=Cc2cc(C(=O)O)ccc2S1(=O)=O. The van der Waals surface area contributed by atoms with Gasteiger partial charge in [0.25, 0.3) is 0 Å². The number of hydrogen-bond acceptors (Lipinski definition) is 4. The molecule has 0 aliphatic carbocycles. The van der Waals surface area contributed by atoms with Gasteiger partial charge in [-0.05, 0) is 43.7 Å². The van der Waals surface area contributed by atoms with Crippen molar-refractivity contribution in [1.29, 1.82) is 0 Å². The molecule has 2 rings (SSSR count). The first-order valence-electron chi connectivity index (χ1n) is 5.77. The van der Waals surface area contributed by atoms with E-state index in [-0.39, 0.29) is 28.1 Å². The van der Waals surface area contributed by atoms with Crippen LogP contribution in [0.25, 0.3) is 6.08 Å². The molecular weight excluding hydrogens is 268 g/mol. The third kappa shape index (κ3) is 2.54. The van der Waals surface area contributed by atoms with Gasteiger partial charge in [0.15, 0.2) is 0 Å². The number of sulfone groups is 1. The molecule has 0 saturated heterocycles. The van der Waals surface area contributed by atoms with E-state index in [0.717, 1.165) is 0 Å². The van der Waals surface area contributed by atoms with Crippen molar-refractivity contribution in [3.05, 3.63) is 34.2 Å². The highest BCUT2D eigenvalue weighted by atomic mass is 32.2. The number of carboxylic acids is 1. The topological polar surface area (TPSA) is 80.7 Å². The Balaban J connectivity index is 2.40. The molecule has 1 aliphatic heterocycles. The maximum atomic E-state index is 12.2. The lowest BCUT2D eigenvalue weighted by Crippen LogP contribution is -2.11. The van der Waals surface area contributed by atoms with Gasteiger partial charge in [-0.1, -0.05) is 0 Å². The molecule has 0 bridgehead atoms. The van der Waals surface area contributed by atoms with Crippen LogP contribution in [0.3, 0.4) is 0 Å². The first kappa shape index (κ1) is 13.8. The number of fused-ring (bicyclic) bond motifs is 1. The van der Waals surface area contributed by atoms with Crippen molar-refractivity contribution < 1.29 is 23.1 Å². The first-order valence-corrected chi connectivity index (χ1v) is 7.25. The summed E-state index contributed by atoms with van der Waals surface area (Å²) in [6.45, 7) is 3.63. The molecule has 19 heavy (non-hydrogen) atoms. The van der Waals surface area contributed by atoms with Gasteiger partial charge in [0.1, 0.15) is 0 Å². The second-order valence-corrected chi connectivity index (χ2v) is 6.50. The summed E-state index contributed by atoms with van der Waals surface area (Å²) in [6, 6.07) is 3.98. The van der Waals surface area contributed by atoms with Crippen LogP contribution in [0.1, 0.15) is 29.8 Å². The number of hydrogen-bond donors (Lipinski definition) is 1. The summed E-state index contributed by atoms with van der Waals surface area (Å²) in [4.78, 5) is 11.2. The predicted octanol–water partition coefficient (Wildman–Crippen LogP) is 1.94. The molecule has 0 atom stereocenters. The Kier molecular flexibility index (Phi) is 3.47. The van der Waals surface area contributed by atoms with Gasteiger partial charge in [0, 0.05) is 0 Å². The van der Waals surface area contributed by atoms with Crippen LogP contribution in [0.5, 0.6) is 0 Å². The van der Waals surface area contributed by atoms with Crippen LogP contribution in [-0.2, 0) is 14.6 Å². The van der Waals surface area contributed by atoms with Crippen molar-refractivity contribution in [3.63, 3.8) is 0 Å². The van der Waals surface area contributed by atoms with Crippen molar-refractivity contribution in [2.45, 2.75) is 24.8 Å². The van der Waals surface area contributed by atoms with Crippen LogP contribution in [0.15, 0.2) is 28.0 Å². The average Bonchev–Trinajstić information content (AvgIpc) is 2.57. The molecular formula is C13H14O5S. The highest BCUT2D eigenvalue weighted by Gasteiger charge is 2.30. The number of carboxylic acid groups (broad SMARTS) is 1. The molecule has 102 valence electrons. The van der Waals surface area contributed by atoms with Crippen LogP contribution in [0.4, 0.5) is 0 Å². The largest absolute Gasteiger partial charge is 0.478 e. The zero-order valence-corrected chi connectivity index (χ0v) is 11.4. The van der Waals surface area contributed by atoms with E-state index in [1.807, 2.05) is 13.8 Å². The fourth-order valence-corrected chi connectivity index (χ4v) is 3.26. The number of ether oxygens (including phenoxy) is 1. The molecule has 0 spiro atoms. The number of benzene rings is 1. The fourth-order valence-electron chi connectivity index (χ4n) is 1.80. The molecule has 1 aromatic carbocycles. The van der Waals surface area contributed by atoms with Crippen molar-refractivity contribution >= 4 is 21.9 Å². The standard InChI is InChI=1S/C13H14O5S/c1-8(2)18-7-11-6-10-5-9(13(14)15)3-4-12(10)19(11,16)17/h3-6,8H,7H2,1-2H3,(H,14,15). The van der Waals surface area contributed by atoms with Gasteiger partial charge in [-0.3, -0.25) is 0 Å². The Hall–Kier alpha value is -1.66. The lowest BCUT2D eigenvalue weighted by molar-refractivity contribution is 0.0696. The molecule has 1 aliphatic rings. The van der Waals surface area contributed by atoms with Gasteiger partial charge in [-0.15, -0.1) is 0 Å². The minimum atomic E-state index is -3.54. The molecule has 0 amide bonds. The van der Waals surface area contributed by atoms with Gasteiger partial charge in [-0.2, -0.15) is 0 Å². The average molecular weight is 282 g/mol. The second-order valence-electron chi connectivity index (χ2n) is 4.53. The first-order chi connectivity index (χ1) is 8.82. The predicted molar refractivity (Wildman–Crippen MR) is 69.7 cm³/mol. The van der Waals surface area contributed by atoms with Crippen LogP contribution in [0, 0.1) is 0 Å². The summed E-state index contributed by atoms with van der Waals surface area (Å²) in [5.41, 5.74) is 0.471. The van der Waals surface area contributed by atoms with Gasteiger partial charge in [0.05, 0.1) is 28.1 Å². The summed E-state index contributed by atoms with van der Waals surface area (Å²) in [5, 5.41) is 8.89. The Morgan fingerprint density at radius 3 is 2.63 bits per heavy atom. The Labute approximate surface area is 111 Å². The Morgan fingerprint density at radius 2 is 2.05 bits per heavy atom. The molecule has 0 aromatic heterocycles. The summed E-state index contributed by atoms with van der Waals surface area (Å²) in [6.07, 6.45) is 1.40. The van der Waals surface area contributed by atoms with E-state index < -0.39 is 15.8 Å². The summed E-state index contributed by atoms with van der Waals surface area (Å²) < 4.78 is 29.7. The lowest BCUT2D eigenvalue weighted by Gasteiger charge is -2.08. The lowest BCUT2D eigenvalue weighted by atomic mass is 10.1. The maximum absolute atomic E-state index is 12.2. The van der Waals surface area contributed by atoms with E-state index in [1.165, 1.54) is 24.3 Å². The van der Waals surface area contributed by atoms with Crippen molar-refractivity contribution in [3.8, 4) is 0 Å². The minimum Gasteiger partial charge on any atom is -0.478 e. The Bertz CT molecular complexity index is 656. The highest BCUT2D eigenvalue weighted by Crippen LogP contribution is 2.33. The maximum Gasteiger partial charge on any atom is 0.335 e. The molecule has 5 nitrogen and oxygen atoms in total. The highest BCUT2D eigenvalue weighted by molar-refractivity contribution is 7.95. The number of carbonyl (C=O) groups is 1. The van der Waals surface area contributed by atoms with E-state index in [0.29, 0.717) is 5.56 Å². The summed E-state index contributed by atoms with van der Waals surface area (Å²) in [7, 11) is -3.54. The van der Waals surface area contributed by atoms with Gasteiger partial charge in [-0.25, -0.2) is 13.2 Å². The molecule has 1 aromatic rings. The van der Waals surface area contributed by atoms with E-state index in [2.05, 4.69) is 0 Å². The van der Waals surface area contributed by atoms with Crippen molar-refractivity contribution in [2.24, 2.45) is 0 Å². The molecule has 0 radical (unpaired) electrons. The quantitative estimate of drug-likeness (QED) is 0.912. The second kappa shape index (κ2) is 4.79. The van der Waals surface area contributed by atoms with Crippen molar-refractivity contribution in [1.82, 2.24) is 0 Å². The van der Waals surface area contributed by atoms with Gasteiger partial charge < -0.3 is 9.84 Å². The monoisotopic (exact) mass is 282 g/mol. The number of aromatic carboxylic acids is 1. The van der Waals surface area contributed by atoms with E-state index in [4.69, 9.17) is 9.84 Å². The van der Waals surface area contributed by atoms with Crippen LogP contribution >= 0.6 is 0 Å². The zero-order chi connectivity index (χ0) is 14.2. The minimum absolute atomic E-state index is 0.00289.